The first-order valence-electron chi connectivity index (χ1n) is 3.56. The SMILES string of the molecule is COn1cnc2nccnc2c1=O. The molecule has 0 saturated carbocycles. The number of hydrogen-bond donors (Lipinski definition) is 0. The third-order valence-corrected chi connectivity index (χ3v) is 1.56. The molecule has 2 aromatic heterocycles. The maximum Gasteiger partial charge on any atom is 0.314 e. The predicted octanol–water partition coefficient (Wildman–Crippen LogP) is -0.755. The molecule has 6 heteroatoms. The van der Waals surface area contributed by atoms with Gasteiger partial charge in [0.1, 0.15) is 13.4 Å². The minimum absolute atomic E-state index is 0.201. The lowest BCUT2D eigenvalue weighted by Crippen LogP contribution is -2.25. The molecule has 13 heavy (non-hydrogen) atoms. The fourth-order valence-electron chi connectivity index (χ4n) is 0.970. The molecule has 0 aliphatic heterocycles. The zero-order chi connectivity index (χ0) is 9.26. The molecule has 0 atom stereocenters. The summed E-state index contributed by atoms with van der Waals surface area (Å²) in [4.78, 5) is 27.8. The van der Waals surface area contributed by atoms with Crippen molar-refractivity contribution >= 4 is 11.2 Å². The van der Waals surface area contributed by atoms with Crippen molar-refractivity contribution in [2.45, 2.75) is 0 Å². The Hall–Kier alpha value is -1.98. The Kier molecular flexibility index (Phi) is 1.66. The van der Waals surface area contributed by atoms with Crippen LogP contribution in [0.3, 0.4) is 0 Å². The second-order valence-corrected chi connectivity index (χ2v) is 2.29. The lowest BCUT2D eigenvalue weighted by molar-refractivity contribution is 0.155. The van der Waals surface area contributed by atoms with E-state index in [1.54, 1.807) is 0 Å². The highest BCUT2D eigenvalue weighted by molar-refractivity contribution is 5.66. The van der Waals surface area contributed by atoms with Gasteiger partial charge >= 0.3 is 5.56 Å². The molecule has 6 nitrogen and oxygen atoms in total. The average Bonchev–Trinajstić information content (AvgIpc) is 2.19. The van der Waals surface area contributed by atoms with Crippen LogP contribution in [0, 0.1) is 0 Å². The van der Waals surface area contributed by atoms with Crippen molar-refractivity contribution in [1.82, 2.24) is 19.7 Å². The van der Waals surface area contributed by atoms with Gasteiger partial charge in [0.05, 0.1) is 0 Å². The normalized spacial score (nSPS) is 10.2. The van der Waals surface area contributed by atoms with Gasteiger partial charge in [0.25, 0.3) is 0 Å². The number of aromatic nitrogens is 4. The lowest BCUT2D eigenvalue weighted by atomic mass is 10.5. The van der Waals surface area contributed by atoms with Gasteiger partial charge in [-0.2, -0.15) is 0 Å². The second kappa shape index (κ2) is 2.81. The van der Waals surface area contributed by atoms with E-state index in [0.717, 1.165) is 4.73 Å². The molecule has 0 amide bonds. The van der Waals surface area contributed by atoms with Gasteiger partial charge in [-0.25, -0.2) is 15.0 Å². The highest BCUT2D eigenvalue weighted by atomic mass is 16.6. The first-order chi connectivity index (χ1) is 6.33. The summed E-state index contributed by atoms with van der Waals surface area (Å²) >= 11 is 0. The molecule has 66 valence electrons. The highest BCUT2D eigenvalue weighted by Gasteiger charge is 2.04. The van der Waals surface area contributed by atoms with Crippen molar-refractivity contribution in [2.24, 2.45) is 0 Å². The van der Waals surface area contributed by atoms with Crippen molar-refractivity contribution in [2.75, 3.05) is 7.11 Å². The minimum Gasteiger partial charge on any atom is -0.413 e. The molecule has 0 unspecified atom stereocenters. The van der Waals surface area contributed by atoms with Crippen LogP contribution in [0.25, 0.3) is 11.2 Å². The minimum atomic E-state index is -0.361. The van der Waals surface area contributed by atoms with Crippen LogP contribution < -0.4 is 10.4 Å². The summed E-state index contributed by atoms with van der Waals surface area (Å²) in [7, 11) is 1.38. The summed E-state index contributed by atoms with van der Waals surface area (Å²) < 4.78 is 0.997. The summed E-state index contributed by atoms with van der Waals surface area (Å²) in [6.07, 6.45) is 4.18. The zero-order valence-corrected chi connectivity index (χ0v) is 6.84. The maximum absolute atomic E-state index is 11.5. The molecule has 0 fully saturated rings. The number of fused-ring (bicyclic) bond motifs is 1. The van der Waals surface area contributed by atoms with Gasteiger partial charge in [-0.3, -0.25) is 4.79 Å². The van der Waals surface area contributed by atoms with Crippen LogP contribution in [-0.4, -0.2) is 26.8 Å². The Morgan fingerprint density at radius 3 is 2.85 bits per heavy atom. The van der Waals surface area contributed by atoms with Crippen molar-refractivity contribution in [3.05, 3.63) is 29.1 Å². The van der Waals surface area contributed by atoms with Gasteiger partial charge in [-0.15, -0.1) is 4.73 Å². The molecule has 0 saturated heterocycles. The van der Waals surface area contributed by atoms with Gasteiger partial charge in [-0.05, 0) is 0 Å². The number of nitrogens with zero attached hydrogens (tertiary/aromatic N) is 4. The van der Waals surface area contributed by atoms with E-state index in [0.29, 0.717) is 5.65 Å². The molecule has 0 radical (unpaired) electrons. The van der Waals surface area contributed by atoms with E-state index in [1.807, 2.05) is 0 Å². The van der Waals surface area contributed by atoms with E-state index < -0.39 is 0 Å². The second-order valence-electron chi connectivity index (χ2n) is 2.29. The van der Waals surface area contributed by atoms with Crippen LogP contribution in [0.5, 0.6) is 0 Å². The van der Waals surface area contributed by atoms with E-state index in [1.165, 1.54) is 25.8 Å². The average molecular weight is 178 g/mol. The summed E-state index contributed by atoms with van der Waals surface area (Å²) in [6.45, 7) is 0. The first-order valence-corrected chi connectivity index (χ1v) is 3.56. The van der Waals surface area contributed by atoms with Crippen molar-refractivity contribution in [3.63, 3.8) is 0 Å². The quantitative estimate of drug-likeness (QED) is 0.574. The Morgan fingerprint density at radius 1 is 1.31 bits per heavy atom. The van der Waals surface area contributed by atoms with Crippen LogP contribution in [0.1, 0.15) is 0 Å². The predicted molar refractivity (Wildman–Crippen MR) is 44.1 cm³/mol. The molecular formula is C7H6N4O2. The molecule has 0 aliphatic rings. The van der Waals surface area contributed by atoms with E-state index in [2.05, 4.69) is 15.0 Å². The molecule has 0 bridgehead atoms. The standard InChI is InChI=1S/C7H6N4O2/c1-13-11-4-10-6-5(7(11)12)8-2-3-9-6/h2-4H,1H3. The molecular weight excluding hydrogens is 172 g/mol. The largest absolute Gasteiger partial charge is 0.413 e. The van der Waals surface area contributed by atoms with Crippen LogP contribution in [0.15, 0.2) is 23.5 Å². The van der Waals surface area contributed by atoms with E-state index in [9.17, 15) is 4.79 Å². The Balaban J connectivity index is 2.87. The fraction of sp³-hybridized carbons (Fsp3) is 0.143. The van der Waals surface area contributed by atoms with Gasteiger partial charge in [0, 0.05) is 12.4 Å². The van der Waals surface area contributed by atoms with Crippen molar-refractivity contribution in [3.8, 4) is 0 Å². The van der Waals surface area contributed by atoms with Crippen molar-refractivity contribution in [1.29, 1.82) is 0 Å². The summed E-state index contributed by atoms with van der Waals surface area (Å²) in [6, 6.07) is 0. The number of rotatable bonds is 1. The molecule has 2 rings (SSSR count). The monoisotopic (exact) mass is 178 g/mol. The Labute approximate surface area is 72.8 Å². The van der Waals surface area contributed by atoms with E-state index >= 15 is 0 Å². The van der Waals surface area contributed by atoms with Gasteiger partial charge in [0.15, 0.2) is 11.2 Å². The molecule has 0 spiro atoms. The zero-order valence-electron chi connectivity index (χ0n) is 6.84. The highest BCUT2D eigenvalue weighted by Crippen LogP contribution is 1.95. The Morgan fingerprint density at radius 2 is 2.08 bits per heavy atom. The Bertz CT molecular complexity index is 493. The summed E-state index contributed by atoms with van der Waals surface area (Å²) in [5.74, 6) is 0. The lowest BCUT2D eigenvalue weighted by Gasteiger charge is -2.01. The van der Waals surface area contributed by atoms with E-state index in [-0.39, 0.29) is 11.1 Å². The molecule has 0 aliphatic carbocycles. The van der Waals surface area contributed by atoms with Crippen molar-refractivity contribution < 1.29 is 4.84 Å². The maximum atomic E-state index is 11.5. The molecule has 2 aromatic rings. The summed E-state index contributed by atoms with van der Waals surface area (Å²) in [5, 5.41) is 0. The smallest absolute Gasteiger partial charge is 0.314 e. The first kappa shape index (κ1) is 7.66. The van der Waals surface area contributed by atoms with Gasteiger partial charge in [0.2, 0.25) is 0 Å². The fourth-order valence-corrected chi connectivity index (χ4v) is 0.970. The van der Waals surface area contributed by atoms with Crippen LogP contribution in [0.2, 0.25) is 0 Å². The van der Waals surface area contributed by atoms with Crippen LogP contribution in [0.4, 0.5) is 0 Å². The summed E-state index contributed by atoms with van der Waals surface area (Å²) in [5.41, 5.74) is 0.160. The topological polar surface area (TPSA) is 69.9 Å². The molecule has 2 heterocycles. The van der Waals surface area contributed by atoms with Crippen LogP contribution >= 0.6 is 0 Å². The number of hydrogen-bond acceptors (Lipinski definition) is 5. The third kappa shape index (κ3) is 1.12. The van der Waals surface area contributed by atoms with Gasteiger partial charge in [-0.1, -0.05) is 0 Å². The van der Waals surface area contributed by atoms with Crippen LogP contribution in [-0.2, 0) is 0 Å². The molecule has 0 N–H and O–H groups in total. The van der Waals surface area contributed by atoms with E-state index in [4.69, 9.17) is 4.84 Å². The van der Waals surface area contributed by atoms with Gasteiger partial charge < -0.3 is 4.84 Å². The molecule has 0 aromatic carbocycles. The third-order valence-electron chi connectivity index (χ3n) is 1.56.